The van der Waals surface area contributed by atoms with Gasteiger partial charge >= 0.3 is 0 Å². The van der Waals surface area contributed by atoms with Gasteiger partial charge in [0.05, 0.1) is 11.7 Å². The highest BCUT2D eigenvalue weighted by atomic mass is 19.1. The highest BCUT2D eigenvalue weighted by Gasteiger charge is 2.29. The quantitative estimate of drug-likeness (QED) is 0.883. The van der Waals surface area contributed by atoms with Gasteiger partial charge in [-0.25, -0.2) is 4.39 Å². The number of halogens is 1. The van der Waals surface area contributed by atoms with Gasteiger partial charge < -0.3 is 15.1 Å². The molecule has 1 aromatic carbocycles. The summed E-state index contributed by atoms with van der Waals surface area (Å²) in [6.07, 6.45) is 2.01. The molecule has 0 aromatic heterocycles. The molecule has 0 radical (unpaired) electrons. The second-order valence-electron chi connectivity index (χ2n) is 5.41. The lowest BCUT2D eigenvalue weighted by molar-refractivity contribution is -0.133. The zero-order chi connectivity index (χ0) is 13.9. The predicted molar refractivity (Wildman–Crippen MR) is 76.2 cm³/mol. The molecule has 2 aliphatic heterocycles. The van der Waals surface area contributed by atoms with Gasteiger partial charge in [0.1, 0.15) is 5.82 Å². The van der Waals surface area contributed by atoms with Crippen LogP contribution in [0.1, 0.15) is 12.8 Å². The maximum absolute atomic E-state index is 13.7. The molecule has 1 aromatic rings. The van der Waals surface area contributed by atoms with Crippen LogP contribution in [0.15, 0.2) is 24.3 Å². The minimum absolute atomic E-state index is 0.00462. The van der Waals surface area contributed by atoms with Crippen LogP contribution in [0.3, 0.4) is 0 Å². The number of benzene rings is 1. The number of carbonyl (C=O) groups excluding carboxylic acids is 1. The number of piperazine rings is 1. The SMILES string of the molecule is O=C([C@@H]1CCCN1)N1CCN(c2ccccc2F)CC1. The monoisotopic (exact) mass is 277 g/mol. The van der Waals surface area contributed by atoms with Crippen LogP contribution in [-0.4, -0.2) is 49.6 Å². The largest absolute Gasteiger partial charge is 0.366 e. The lowest BCUT2D eigenvalue weighted by atomic mass is 10.1. The second kappa shape index (κ2) is 5.79. The molecule has 1 N–H and O–H groups in total. The van der Waals surface area contributed by atoms with Crippen molar-refractivity contribution in [1.82, 2.24) is 10.2 Å². The number of nitrogens with zero attached hydrogens (tertiary/aromatic N) is 2. The molecule has 2 saturated heterocycles. The van der Waals surface area contributed by atoms with E-state index >= 15 is 0 Å². The van der Waals surface area contributed by atoms with Crippen LogP contribution >= 0.6 is 0 Å². The standard InChI is InChI=1S/C15H20FN3O/c16-12-4-1-2-6-14(12)18-8-10-19(11-9-18)15(20)13-5-3-7-17-13/h1-2,4,6,13,17H,3,5,7-11H2/t13-/m0/s1. The van der Waals surface area contributed by atoms with Gasteiger partial charge in [0.25, 0.3) is 0 Å². The van der Waals surface area contributed by atoms with Crippen LogP contribution in [0, 0.1) is 5.82 Å². The van der Waals surface area contributed by atoms with E-state index in [0.29, 0.717) is 31.9 Å². The first-order valence-corrected chi connectivity index (χ1v) is 7.27. The van der Waals surface area contributed by atoms with E-state index in [0.717, 1.165) is 19.4 Å². The smallest absolute Gasteiger partial charge is 0.239 e. The Morgan fingerprint density at radius 1 is 1.20 bits per heavy atom. The predicted octanol–water partition coefficient (Wildman–Crippen LogP) is 1.23. The van der Waals surface area contributed by atoms with E-state index in [2.05, 4.69) is 5.32 Å². The molecule has 20 heavy (non-hydrogen) atoms. The number of nitrogens with one attached hydrogen (secondary N) is 1. The number of carbonyl (C=O) groups is 1. The van der Waals surface area contributed by atoms with Gasteiger partial charge in [-0.2, -0.15) is 0 Å². The number of para-hydroxylation sites is 1. The van der Waals surface area contributed by atoms with Crippen molar-refractivity contribution in [2.24, 2.45) is 0 Å². The van der Waals surface area contributed by atoms with E-state index in [1.807, 2.05) is 15.9 Å². The average molecular weight is 277 g/mol. The Kier molecular flexibility index (Phi) is 3.87. The fraction of sp³-hybridized carbons (Fsp3) is 0.533. The molecule has 0 saturated carbocycles. The fourth-order valence-electron chi connectivity index (χ4n) is 2.99. The topological polar surface area (TPSA) is 35.6 Å². The first-order valence-electron chi connectivity index (χ1n) is 7.27. The lowest BCUT2D eigenvalue weighted by Gasteiger charge is -2.37. The molecule has 0 spiro atoms. The molecule has 108 valence electrons. The fourth-order valence-corrected chi connectivity index (χ4v) is 2.99. The van der Waals surface area contributed by atoms with Crippen molar-refractivity contribution in [3.8, 4) is 0 Å². The normalized spacial score (nSPS) is 23.1. The zero-order valence-corrected chi connectivity index (χ0v) is 11.5. The molecule has 2 fully saturated rings. The minimum Gasteiger partial charge on any atom is -0.366 e. The number of hydrogen-bond acceptors (Lipinski definition) is 3. The van der Waals surface area contributed by atoms with Crippen LogP contribution < -0.4 is 10.2 Å². The molecular weight excluding hydrogens is 257 g/mol. The molecule has 2 heterocycles. The molecule has 3 rings (SSSR count). The molecule has 0 bridgehead atoms. The summed E-state index contributed by atoms with van der Waals surface area (Å²) in [6.45, 7) is 3.67. The summed E-state index contributed by atoms with van der Waals surface area (Å²) < 4.78 is 13.7. The molecule has 0 aliphatic carbocycles. The highest BCUT2D eigenvalue weighted by Crippen LogP contribution is 2.20. The van der Waals surface area contributed by atoms with E-state index < -0.39 is 0 Å². The van der Waals surface area contributed by atoms with Crippen LogP contribution in [0.4, 0.5) is 10.1 Å². The summed E-state index contributed by atoms with van der Waals surface area (Å²) in [6, 6.07) is 6.82. The second-order valence-corrected chi connectivity index (χ2v) is 5.41. The summed E-state index contributed by atoms with van der Waals surface area (Å²) >= 11 is 0. The van der Waals surface area contributed by atoms with Crippen LogP contribution in [-0.2, 0) is 4.79 Å². The Morgan fingerprint density at radius 2 is 1.95 bits per heavy atom. The lowest BCUT2D eigenvalue weighted by Crippen LogP contribution is -2.53. The molecule has 1 amide bonds. The summed E-state index contributed by atoms with van der Waals surface area (Å²) in [7, 11) is 0. The molecule has 2 aliphatic rings. The number of rotatable bonds is 2. The summed E-state index contributed by atoms with van der Waals surface area (Å²) in [5.74, 6) is 0.0143. The third-order valence-corrected chi connectivity index (χ3v) is 4.14. The van der Waals surface area contributed by atoms with Crippen molar-refractivity contribution in [3.05, 3.63) is 30.1 Å². The zero-order valence-electron chi connectivity index (χ0n) is 11.5. The first kappa shape index (κ1) is 13.4. The van der Waals surface area contributed by atoms with Gasteiger partial charge in [0, 0.05) is 26.2 Å². The first-order chi connectivity index (χ1) is 9.75. The Labute approximate surface area is 118 Å². The Morgan fingerprint density at radius 3 is 2.60 bits per heavy atom. The number of hydrogen-bond donors (Lipinski definition) is 1. The third kappa shape index (κ3) is 2.63. The average Bonchev–Trinajstić information content (AvgIpc) is 3.01. The van der Waals surface area contributed by atoms with Gasteiger partial charge in [0.2, 0.25) is 5.91 Å². The molecule has 1 atom stereocenters. The van der Waals surface area contributed by atoms with Gasteiger partial charge in [-0.05, 0) is 31.5 Å². The van der Waals surface area contributed by atoms with Crippen LogP contribution in [0.2, 0.25) is 0 Å². The van der Waals surface area contributed by atoms with Crippen molar-refractivity contribution in [3.63, 3.8) is 0 Å². The van der Waals surface area contributed by atoms with E-state index in [1.165, 1.54) is 6.07 Å². The van der Waals surface area contributed by atoms with Crippen molar-refractivity contribution in [2.75, 3.05) is 37.6 Å². The molecular formula is C15H20FN3O. The van der Waals surface area contributed by atoms with E-state index in [-0.39, 0.29) is 17.8 Å². The maximum Gasteiger partial charge on any atom is 0.239 e. The Hall–Kier alpha value is -1.62. The summed E-state index contributed by atoms with van der Waals surface area (Å²) in [5, 5.41) is 3.24. The van der Waals surface area contributed by atoms with E-state index in [9.17, 15) is 9.18 Å². The summed E-state index contributed by atoms with van der Waals surface area (Å²) in [5.41, 5.74) is 0.638. The van der Waals surface area contributed by atoms with Crippen molar-refractivity contribution < 1.29 is 9.18 Å². The van der Waals surface area contributed by atoms with Crippen molar-refractivity contribution in [2.45, 2.75) is 18.9 Å². The number of amides is 1. The Bertz CT molecular complexity index is 480. The van der Waals surface area contributed by atoms with E-state index in [1.54, 1.807) is 12.1 Å². The minimum atomic E-state index is -0.190. The maximum atomic E-state index is 13.7. The molecule has 0 unspecified atom stereocenters. The Balaban J connectivity index is 1.59. The highest BCUT2D eigenvalue weighted by molar-refractivity contribution is 5.82. The van der Waals surface area contributed by atoms with Gasteiger partial charge in [-0.15, -0.1) is 0 Å². The van der Waals surface area contributed by atoms with Crippen molar-refractivity contribution >= 4 is 11.6 Å². The van der Waals surface area contributed by atoms with E-state index in [4.69, 9.17) is 0 Å². The van der Waals surface area contributed by atoms with Gasteiger partial charge in [0.15, 0.2) is 0 Å². The molecule has 5 heteroatoms. The third-order valence-electron chi connectivity index (χ3n) is 4.14. The van der Waals surface area contributed by atoms with Crippen molar-refractivity contribution in [1.29, 1.82) is 0 Å². The van der Waals surface area contributed by atoms with Crippen LogP contribution in [0.5, 0.6) is 0 Å². The summed E-state index contributed by atoms with van der Waals surface area (Å²) in [4.78, 5) is 16.2. The van der Waals surface area contributed by atoms with Gasteiger partial charge in [-0.3, -0.25) is 4.79 Å². The molecule has 4 nitrogen and oxygen atoms in total. The van der Waals surface area contributed by atoms with Crippen LogP contribution in [0.25, 0.3) is 0 Å². The van der Waals surface area contributed by atoms with Gasteiger partial charge in [-0.1, -0.05) is 12.1 Å². The number of anilines is 1.